The lowest BCUT2D eigenvalue weighted by Gasteiger charge is -2.40. The predicted octanol–water partition coefficient (Wildman–Crippen LogP) is 2.21. The number of amides is 1. The molecule has 0 spiro atoms. The van der Waals surface area contributed by atoms with Gasteiger partial charge in [-0.1, -0.05) is 60.7 Å². The number of aromatic nitrogens is 2. The number of nitrogens with zero attached hydrogens (tertiary/aromatic N) is 3. The Balaban J connectivity index is 1.43. The second-order valence-corrected chi connectivity index (χ2v) is 7.46. The normalized spacial score (nSPS) is 16.1. The second kappa shape index (κ2) is 9.03. The molecule has 1 saturated heterocycles. The minimum Gasteiger partial charge on any atom is -0.351 e. The topological polar surface area (TPSA) is 78.2 Å². The van der Waals surface area contributed by atoms with Crippen molar-refractivity contribution in [2.45, 2.75) is 18.5 Å². The van der Waals surface area contributed by atoms with Crippen molar-refractivity contribution in [3.63, 3.8) is 0 Å². The Morgan fingerprint density at radius 3 is 2.07 bits per heavy atom. The molecule has 1 amide bonds. The Morgan fingerprint density at radius 1 is 0.966 bits per heavy atom. The summed E-state index contributed by atoms with van der Waals surface area (Å²) in [6, 6.07) is 20.8. The van der Waals surface area contributed by atoms with Gasteiger partial charge < -0.3 is 15.6 Å². The summed E-state index contributed by atoms with van der Waals surface area (Å²) < 4.78 is 0. The van der Waals surface area contributed by atoms with E-state index in [0.717, 1.165) is 18.8 Å². The van der Waals surface area contributed by atoms with Crippen molar-refractivity contribution in [1.29, 1.82) is 0 Å². The number of hydrogen-bond acceptors (Lipinski definition) is 4. The average molecular weight is 390 g/mol. The molecule has 6 heteroatoms. The Kier molecular flexibility index (Phi) is 6.03. The fraction of sp³-hybridized carbons (Fsp3) is 0.304. The van der Waals surface area contributed by atoms with Crippen LogP contribution in [0.1, 0.15) is 22.9 Å². The first-order valence-electron chi connectivity index (χ1n) is 10.1. The summed E-state index contributed by atoms with van der Waals surface area (Å²) >= 11 is 0. The predicted molar refractivity (Wildman–Crippen MR) is 113 cm³/mol. The van der Waals surface area contributed by atoms with Crippen LogP contribution in [0.3, 0.4) is 0 Å². The van der Waals surface area contributed by atoms with Gasteiger partial charge in [-0.2, -0.15) is 0 Å². The quantitative estimate of drug-likeness (QED) is 0.678. The largest absolute Gasteiger partial charge is 0.351 e. The number of H-pyrrole nitrogens is 1. The van der Waals surface area contributed by atoms with Crippen LogP contribution >= 0.6 is 0 Å². The van der Waals surface area contributed by atoms with Crippen molar-refractivity contribution < 1.29 is 4.79 Å². The average Bonchev–Trinajstić information content (AvgIpc) is 3.28. The van der Waals surface area contributed by atoms with E-state index in [0.29, 0.717) is 19.5 Å². The lowest BCUT2D eigenvalue weighted by Crippen LogP contribution is -2.54. The maximum atomic E-state index is 12.8. The molecule has 3 N–H and O–H groups in total. The minimum atomic E-state index is -0.552. The highest BCUT2D eigenvalue weighted by Gasteiger charge is 2.30. The van der Waals surface area contributed by atoms with Gasteiger partial charge in [0.05, 0.1) is 24.1 Å². The third kappa shape index (κ3) is 4.55. The van der Waals surface area contributed by atoms with E-state index in [2.05, 4.69) is 63.4 Å². The molecule has 3 aromatic rings. The number of rotatable bonds is 6. The first-order chi connectivity index (χ1) is 14.2. The summed E-state index contributed by atoms with van der Waals surface area (Å²) in [7, 11) is 0. The number of aromatic amines is 1. The standard InChI is InChI=1S/C23H27N5O/c24-21(15-20-16-25-17-26-20)23(29)28-13-11-27(12-14-28)22(18-7-3-1-4-8-18)19-9-5-2-6-10-19/h1-10,16-17,21-22H,11-15,24H2,(H,25,26). The van der Waals surface area contributed by atoms with Gasteiger partial charge in [0.25, 0.3) is 0 Å². The van der Waals surface area contributed by atoms with Crippen molar-refractivity contribution in [1.82, 2.24) is 19.8 Å². The molecule has 1 aliphatic heterocycles. The van der Waals surface area contributed by atoms with E-state index in [1.54, 1.807) is 12.5 Å². The van der Waals surface area contributed by atoms with Crippen LogP contribution < -0.4 is 5.73 Å². The zero-order valence-electron chi connectivity index (χ0n) is 16.4. The summed E-state index contributed by atoms with van der Waals surface area (Å²) in [5.41, 5.74) is 9.52. The molecule has 0 bridgehead atoms. The lowest BCUT2D eigenvalue weighted by atomic mass is 9.96. The summed E-state index contributed by atoms with van der Waals surface area (Å²) in [5.74, 6) is 0.00335. The Bertz CT molecular complexity index is 850. The van der Waals surface area contributed by atoms with Gasteiger partial charge in [0, 0.05) is 38.8 Å². The van der Waals surface area contributed by atoms with Crippen LogP contribution in [0.2, 0.25) is 0 Å². The third-order valence-electron chi connectivity index (χ3n) is 5.52. The van der Waals surface area contributed by atoms with Crippen LogP contribution in [0.25, 0.3) is 0 Å². The van der Waals surface area contributed by atoms with E-state index < -0.39 is 6.04 Å². The Hall–Kier alpha value is -2.96. The van der Waals surface area contributed by atoms with Gasteiger partial charge in [0.1, 0.15) is 0 Å². The van der Waals surface area contributed by atoms with Crippen LogP contribution in [0.4, 0.5) is 0 Å². The van der Waals surface area contributed by atoms with E-state index in [9.17, 15) is 4.79 Å². The molecule has 2 heterocycles. The Labute approximate surface area is 171 Å². The molecule has 2 aromatic carbocycles. The molecule has 1 aliphatic rings. The van der Waals surface area contributed by atoms with Crippen LogP contribution in [-0.2, 0) is 11.2 Å². The Morgan fingerprint density at radius 2 is 1.55 bits per heavy atom. The fourth-order valence-electron chi connectivity index (χ4n) is 4.03. The van der Waals surface area contributed by atoms with Gasteiger partial charge in [0.2, 0.25) is 5.91 Å². The summed E-state index contributed by atoms with van der Waals surface area (Å²) in [5, 5.41) is 0. The van der Waals surface area contributed by atoms with Crippen molar-refractivity contribution in [3.05, 3.63) is 90.0 Å². The number of nitrogens with one attached hydrogen (secondary N) is 1. The summed E-state index contributed by atoms with van der Waals surface area (Å²) in [6.07, 6.45) is 3.85. The zero-order valence-corrected chi connectivity index (χ0v) is 16.4. The number of benzene rings is 2. The van der Waals surface area contributed by atoms with Crippen LogP contribution in [0.15, 0.2) is 73.2 Å². The summed E-state index contributed by atoms with van der Waals surface area (Å²) in [4.78, 5) is 24.2. The molecule has 1 unspecified atom stereocenters. The van der Waals surface area contributed by atoms with Gasteiger partial charge in [0.15, 0.2) is 0 Å². The smallest absolute Gasteiger partial charge is 0.239 e. The first-order valence-corrected chi connectivity index (χ1v) is 10.1. The third-order valence-corrected chi connectivity index (χ3v) is 5.52. The van der Waals surface area contributed by atoms with Crippen molar-refractivity contribution in [3.8, 4) is 0 Å². The maximum Gasteiger partial charge on any atom is 0.239 e. The van der Waals surface area contributed by atoms with Gasteiger partial charge in [-0.25, -0.2) is 4.98 Å². The molecule has 1 atom stereocenters. The molecule has 150 valence electrons. The molecule has 1 aromatic heterocycles. The highest BCUT2D eigenvalue weighted by molar-refractivity contribution is 5.82. The molecule has 4 rings (SSSR count). The van der Waals surface area contributed by atoms with Crippen LogP contribution in [0, 0.1) is 0 Å². The number of piperazine rings is 1. The van der Waals surface area contributed by atoms with Crippen molar-refractivity contribution in [2.24, 2.45) is 5.73 Å². The number of imidazole rings is 1. The van der Waals surface area contributed by atoms with Crippen LogP contribution in [0.5, 0.6) is 0 Å². The van der Waals surface area contributed by atoms with E-state index >= 15 is 0 Å². The molecule has 0 radical (unpaired) electrons. The fourth-order valence-corrected chi connectivity index (χ4v) is 4.03. The molecule has 0 aliphatic carbocycles. The van der Waals surface area contributed by atoms with Crippen LogP contribution in [-0.4, -0.2) is 57.9 Å². The molecule has 6 nitrogen and oxygen atoms in total. The van der Waals surface area contributed by atoms with Crippen molar-refractivity contribution in [2.75, 3.05) is 26.2 Å². The number of carbonyl (C=O) groups excluding carboxylic acids is 1. The number of carbonyl (C=O) groups is 1. The highest BCUT2D eigenvalue weighted by Crippen LogP contribution is 2.29. The van der Waals surface area contributed by atoms with Gasteiger partial charge in [-0.15, -0.1) is 0 Å². The molecule has 1 fully saturated rings. The monoisotopic (exact) mass is 389 g/mol. The molecular weight excluding hydrogens is 362 g/mol. The number of hydrogen-bond donors (Lipinski definition) is 2. The van der Waals surface area contributed by atoms with E-state index in [1.165, 1.54) is 11.1 Å². The second-order valence-electron chi connectivity index (χ2n) is 7.46. The molecular formula is C23H27N5O. The van der Waals surface area contributed by atoms with E-state index in [-0.39, 0.29) is 11.9 Å². The summed E-state index contributed by atoms with van der Waals surface area (Å²) in [6.45, 7) is 3.00. The highest BCUT2D eigenvalue weighted by atomic mass is 16.2. The van der Waals surface area contributed by atoms with E-state index in [4.69, 9.17) is 5.73 Å². The minimum absolute atomic E-state index is 0.00335. The van der Waals surface area contributed by atoms with E-state index in [1.807, 2.05) is 17.0 Å². The molecule has 0 saturated carbocycles. The van der Waals surface area contributed by atoms with Gasteiger partial charge in [-0.05, 0) is 11.1 Å². The lowest BCUT2D eigenvalue weighted by molar-refractivity contribution is -0.134. The maximum absolute atomic E-state index is 12.8. The molecule has 29 heavy (non-hydrogen) atoms. The van der Waals surface area contributed by atoms with Gasteiger partial charge in [-0.3, -0.25) is 9.69 Å². The zero-order chi connectivity index (χ0) is 20.1. The van der Waals surface area contributed by atoms with Crippen molar-refractivity contribution >= 4 is 5.91 Å². The SMILES string of the molecule is NC(Cc1c[nH]cn1)C(=O)N1CCN(C(c2ccccc2)c2ccccc2)CC1. The first kappa shape index (κ1) is 19.4. The van der Waals surface area contributed by atoms with Gasteiger partial charge >= 0.3 is 0 Å². The number of nitrogens with two attached hydrogens (primary N) is 1.